The molecule has 1 heterocycles. The van der Waals surface area contributed by atoms with Gasteiger partial charge in [-0.15, -0.1) is 0 Å². The molecule has 2 aromatic rings. The van der Waals surface area contributed by atoms with Crippen LogP contribution in [0.25, 0.3) is 6.08 Å². The highest BCUT2D eigenvalue weighted by molar-refractivity contribution is 6.39. The maximum atomic E-state index is 13.0. The highest BCUT2D eigenvalue weighted by atomic mass is 35.5. The van der Waals surface area contributed by atoms with Crippen LogP contribution in [0.2, 0.25) is 5.02 Å². The molecule has 0 spiro atoms. The highest BCUT2D eigenvalue weighted by Gasteiger charge is 2.37. The van der Waals surface area contributed by atoms with Crippen molar-refractivity contribution in [1.82, 2.24) is 5.32 Å². The zero-order chi connectivity index (χ0) is 20.3. The molecule has 0 atom stereocenters. The summed E-state index contributed by atoms with van der Waals surface area (Å²) < 4.78 is 5.58. The number of amides is 4. The number of benzene rings is 2. The van der Waals surface area contributed by atoms with E-state index in [1.54, 1.807) is 49.4 Å². The molecule has 4 amide bonds. The Morgan fingerprint density at radius 2 is 1.89 bits per heavy atom. The molecule has 1 aliphatic rings. The summed E-state index contributed by atoms with van der Waals surface area (Å²) in [5.74, 6) is -0.816. The molecular formula is C21H19ClN2O4. The lowest BCUT2D eigenvalue weighted by molar-refractivity contribution is -0.122. The molecule has 0 unspecified atom stereocenters. The Bertz CT molecular complexity index is 984. The molecule has 7 heteroatoms. The predicted octanol–water partition coefficient (Wildman–Crippen LogP) is 4.10. The molecular weight excluding hydrogens is 380 g/mol. The SMILES string of the molecule is CCCOc1cccc(/C=C2/C(=O)NC(=O)N(c3cccc(Cl)c3C)C2=O)c1. The largest absolute Gasteiger partial charge is 0.494 e. The fraction of sp³-hybridized carbons (Fsp3) is 0.190. The number of halogens is 1. The van der Waals surface area contributed by atoms with Crippen LogP contribution in [0.5, 0.6) is 5.75 Å². The second kappa shape index (κ2) is 8.27. The van der Waals surface area contributed by atoms with Crippen LogP contribution in [0.15, 0.2) is 48.0 Å². The quantitative estimate of drug-likeness (QED) is 0.607. The maximum absolute atomic E-state index is 13.0. The van der Waals surface area contributed by atoms with Crippen LogP contribution in [0, 0.1) is 6.92 Å². The minimum atomic E-state index is -0.808. The number of carbonyl (C=O) groups is 3. The van der Waals surface area contributed by atoms with Crippen molar-refractivity contribution in [2.45, 2.75) is 20.3 Å². The number of carbonyl (C=O) groups excluding carboxylic acids is 3. The fourth-order valence-electron chi connectivity index (χ4n) is 2.80. The molecule has 1 N–H and O–H groups in total. The number of ether oxygens (including phenoxy) is 1. The van der Waals surface area contributed by atoms with Gasteiger partial charge in [-0.2, -0.15) is 0 Å². The van der Waals surface area contributed by atoms with Crippen molar-refractivity contribution >= 4 is 41.2 Å². The lowest BCUT2D eigenvalue weighted by Gasteiger charge is -2.27. The van der Waals surface area contributed by atoms with Crippen LogP contribution in [0.3, 0.4) is 0 Å². The van der Waals surface area contributed by atoms with Crippen molar-refractivity contribution in [2.75, 3.05) is 11.5 Å². The fourth-order valence-corrected chi connectivity index (χ4v) is 2.96. The smallest absolute Gasteiger partial charge is 0.335 e. The third-order valence-electron chi connectivity index (χ3n) is 4.22. The number of barbiturate groups is 1. The minimum absolute atomic E-state index is 0.147. The van der Waals surface area contributed by atoms with Crippen molar-refractivity contribution in [2.24, 2.45) is 0 Å². The van der Waals surface area contributed by atoms with Crippen molar-refractivity contribution in [1.29, 1.82) is 0 Å². The first-order chi connectivity index (χ1) is 13.4. The van der Waals surface area contributed by atoms with Gasteiger partial charge in [-0.1, -0.05) is 36.7 Å². The third-order valence-corrected chi connectivity index (χ3v) is 4.63. The van der Waals surface area contributed by atoms with Crippen molar-refractivity contribution in [3.63, 3.8) is 0 Å². The first-order valence-electron chi connectivity index (χ1n) is 8.81. The number of rotatable bonds is 5. The second-order valence-electron chi connectivity index (χ2n) is 6.26. The van der Waals surface area contributed by atoms with Gasteiger partial charge >= 0.3 is 6.03 Å². The van der Waals surface area contributed by atoms with E-state index < -0.39 is 17.8 Å². The van der Waals surface area contributed by atoms with Crippen LogP contribution in [-0.4, -0.2) is 24.5 Å². The predicted molar refractivity (Wildman–Crippen MR) is 107 cm³/mol. The zero-order valence-corrected chi connectivity index (χ0v) is 16.2. The van der Waals surface area contributed by atoms with Gasteiger partial charge in [-0.3, -0.25) is 14.9 Å². The minimum Gasteiger partial charge on any atom is -0.494 e. The molecule has 2 aromatic carbocycles. The molecule has 3 rings (SSSR count). The highest BCUT2D eigenvalue weighted by Crippen LogP contribution is 2.29. The van der Waals surface area contributed by atoms with Gasteiger partial charge in [0.2, 0.25) is 0 Å². The summed E-state index contributed by atoms with van der Waals surface area (Å²) in [7, 11) is 0. The van der Waals surface area contributed by atoms with Gasteiger partial charge in [0, 0.05) is 5.02 Å². The standard InChI is InChI=1S/C21H19ClN2O4/c1-3-10-28-15-7-4-6-14(11-15)12-16-19(25)23-21(27)24(20(16)26)18-9-5-8-17(22)13(18)2/h4-9,11-12H,3,10H2,1-2H3,(H,23,25,27)/b16-12-. The van der Waals surface area contributed by atoms with E-state index in [-0.39, 0.29) is 5.57 Å². The molecule has 0 radical (unpaired) electrons. The van der Waals surface area contributed by atoms with E-state index >= 15 is 0 Å². The number of nitrogens with one attached hydrogen (secondary N) is 1. The summed E-state index contributed by atoms with van der Waals surface area (Å²) in [5.41, 5.74) is 1.36. The normalized spacial score (nSPS) is 15.8. The van der Waals surface area contributed by atoms with Gasteiger partial charge in [0.1, 0.15) is 11.3 Å². The van der Waals surface area contributed by atoms with Crippen LogP contribution >= 0.6 is 11.6 Å². The molecule has 0 bridgehead atoms. The molecule has 1 aliphatic heterocycles. The summed E-state index contributed by atoms with van der Waals surface area (Å²) in [4.78, 5) is 38.5. The summed E-state index contributed by atoms with van der Waals surface area (Å²) in [6.45, 7) is 4.27. The average molecular weight is 399 g/mol. The number of imide groups is 2. The summed E-state index contributed by atoms with van der Waals surface area (Å²) in [6.07, 6.45) is 2.30. The number of hydrogen-bond acceptors (Lipinski definition) is 4. The Balaban J connectivity index is 1.98. The summed E-state index contributed by atoms with van der Waals surface area (Å²) in [5, 5.41) is 2.63. The van der Waals surface area contributed by atoms with Crippen LogP contribution in [0.4, 0.5) is 10.5 Å². The topological polar surface area (TPSA) is 75.7 Å². The summed E-state index contributed by atoms with van der Waals surface area (Å²) >= 11 is 6.12. The van der Waals surface area contributed by atoms with E-state index in [0.29, 0.717) is 34.2 Å². The Kier molecular flexibility index (Phi) is 5.80. The summed E-state index contributed by atoms with van der Waals surface area (Å²) in [6, 6.07) is 11.1. The molecule has 0 aromatic heterocycles. The van der Waals surface area contributed by atoms with E-state index in [2.05, 4.69) is 5.32 Å². The van der Waals surface area contributed by atoms with E-state index in [0.717, 1.165) is 11.3 Å². The first-order valence-corrected chi connectivity index (χ1v) is 9.19. The Hall–Kier alpha value is -3.12. The van der Waals surface area contributed by atoms with Crippen LogP contribution in [-0.2, 0) is 9.59 Å². The van der Waals surface area contributed by atoms with Crippen molar-refractivity contribution in [3.8, 4) is 5.75 Å². The Morgan fingerprint density at radius 1 is 1.14 bits per heavy atom. The number of hydrogen-bond donors (Lipinski definition) is 1. The van der Waals surface area contributed by atoms with E-state index in [4.69, 9.17) is 16.3 Å². The number of nitrogens with zero attached hydrogens (tertiary/aromatic N) is 1. The third kappa shape index (κ3) is 3.92. The Labute approximate surface area is 167 Å². The zero-order valence-electron chi connectivity index (χ0n) is 15.5. The molecule has 1 saturated heterocycles. The lowest BCUT2D eigenvalue weighted by Crippen LogP contribution is -2.54. The molecule has 0 saturated carbocycles. The van der Waals surface area contributed by atoms with Gasteiger partial charge in [0.05, 0.1) is 12.3 Å². The van der Waals surface area contributed by atoms with Gasteiger partial charge < -0.3 is 4.74 Å². The number of anilines is 1. The second-order valence-corrected chi connectivity index (χ2v) is 6.67. The van der Waals surface area contributed by atoms with Crippen molar-refractivity contribution < 1.29 is 19.1 Å². The van der Waals surface area contributed by atoms with Crippen molar-refractivity contribution in [3.05, 3.63) is 64.2 Å². The molecule has 1 fully saturated rings. The molecule has 0 aliphatic carbocycles. The average Bonchev–Trinajstić information content (AvgIpc) is 2.67. The van der Waals surface area contributed by atoms with E-state index in [1.807, 2.05) is 6.92 Å². The maximum Gasteiger partial charge on any atom is 0.335 e. The lowest BCUT2D eigenvalue weighted by atomic mass is 10.1. The van der Waals surface area contributed by atoms with Gasteiger partial charge in [-0.05, 0) is 54.8 Å². The van der Waals surface area contributed by atoms with E-state index in [1.165, 1.54) is 6.08 Å². The first kappa shape index (κ1) is 19.6. The van der Waals surface area contributed by atoms with E-state index in [9.17, 15) is 14.4 Å². The van der Waals surface area contributed by atoms with Crippen LogP contribution in [0.1, 0.15) is 24.5 Å². The van der Waals surface area contributed by atoms with Crippen LogP contribution < -0.4 is 15.0 Å². The Morgan fingerprint density at radius 3 is 2.64 bits per heavy atom. The van der Waals surface area contributed by atoms with Gasteiger partial charge in [0.25, 0.3) is 11.8 Å². The molecule has 144 valence electrons. The monoisotopic (exact) mass is 398 g/mol. The molecule has 28 heavy (non-hydrogen) atoms. The van der Waals surface area contributed by atoms with Gasteiger partial charge in [0.15, 0.2) is 0 Å². The number of urea groups is 1. The van der Waals surface area contributed by atoms with Gasteiger partial charge in [-0.25, -0.2) is 9.69 Å². The molecule has 6 nitrogen and oxygen atoms in total.